The molecule has 0 saturated heterocycles. The Bertz CT molecular complexity index is 384. The summed E-state index contributed by atoms with van der Waals surface area (Å²) in [4.78, 5) is 7.13. The largest absolute Gasteiger partial charge is 0.393 e. The molecule has 1 aromatic heterocycles. The molecule has 1 aromatic rings. The lowest BCUT2D eigenvalue weighted by molar-refractivity contribution is 0.278. The van der Waals surface area contributed by atoms with Gasteiger partial charge in [0.25, 0.3) is 0 Å². The number of aryl methyl sites for hydroxylation is 1. The molecule has 0 aliphatic heterocycles. The zero-order valence-corrected chi connectivity index (χ0v) is 11.9. The Morgan fingerprint density at radius 1 is 1.59 bits per heavy atom. The summed E-state index contributed by atoms with van der Waals surface area (Å²) in [5.74, 6) is 1.07. The predicted molar refractivity (Wildman–Crippen MR) is 74.7 cm³/mol. The fourth-order valence-electron chi connectivity index (χ4n) is 1.46. The molecule has 0 spiro atoms. The van der Waals surface area contributed by atoms with E-state index in [-0.39, 0.29) is 5.41 Å². The monoisotopic (exact) mass is 254 g/mol. The number of thiocarbonyl (C=S) groups is 1. The van der Waals surface area contributed by atoms with E-state index in [0.29, 0.717) is 4.99 Å². The van der Waals surface area contributed by atoms with Gasteiger partial charge >= 0.3 is 0 Å². The molecule has 2 N–H and O–H groups in total. The maximum atomic E-state index is 5.71. The van der Waals surface area contributed by atoms with Crippen molar-refractivity contribution in [2.75, 3.05) is 13.6 Å². The molecule has 0 aliphatic carbocycles. The van der Waals surface area contributed by atoms with Gasteiger partial charge in [0.1, 0.15) is 5.82 Å². The number of nitrogens with two attached hydrogens (primary N) is 1. The summed E-state index contributed by atoms with van der Waals surface area (Å²) in [5.41, 5.74) is 5.63. The molecule has 0 atom stereocenters. The van der Waals surface area contributed by atoms with E-state index in [0.717, 1.165) is 25.3 Å². The van der Waals surface area contributed by atoms with Gasteiger partial charge in [-0.1, -0.05) is 26.1 Å². The molecule has 0 unspecified atom stereocenters. The first-order valence-corrected chi connectivity index (χ1v) is 6.18. The maximum Gasteiger partial charge on any atom is 0.122 e. The minimum atomic E-state index is -0.0781. The van der Waals surface area contributed by atoms with Gasteiger partial charge in [0.05, 0.1) is 11.5 Å². The van der Waals surface area contributed by atoms with Gasteiger partial charge in [-0.25, -0.2) is 4.98 Å². The van der Waals surface area contributed by atoms with Crippen molar-refractivity contribution < 1.29 is 0 Å². The van der Waals surface area contributed by atoms with Crippen molar-refractivity contribution in [3.05, 3.63) is 18.2 Å². The standard InChI is InChI=1S/C12H22N4S/c1-12(2,11(13)17)5-7-15(3)9-10-14-6-8-16(10)4/h6,8H,5,7,9H2,1-4H3,(H2,13,17). The molecule has 96 valence electrons. The van der Waals surface area contributed by atoms with Crippen molar-refractivity contribution in [2.24, 2.45) is 18.2 Å². The third kappa shape index (κ3) is 4.09. The van der Waals surface area contributed by atoms with Crippen LogP contribution >= 0.6 is 12.2 Å². The van der Waals surface area contributed by atoms with Crippen LogP contribution in [0.2, 0.25) is 0 Å². The van der Waals surface area contributed by atoms with E-state index in [2.05, 4.69) is 30.8 Å². The number of hydrogen-bond acceptors (Lipinski definition) is 3. The molecule has 0 fully saturated rings. The van der Waals surface area contributed by atoms with Crippen LogP contribution in [0, 0.1) is 5.41 Å². The molecule has 0 saturated carbocycles. The number of aromatic nitrogens is 2. The first-order valence-electron chi connectivity index (χ1n) is 5.77. The van der Waals surface area contributed by atoms with Crippen LogP contribution in [0.1, 0.15) is 26.1 Å². The van der Waals surface area contributed by atoms with Crippen molar-refractivity contribution in [1.82, 2.24) is 14.5 Å². The number of imidazole rings is 1. The third-order valence-electron chi connectivity index (χ3n) is 3.12. The lowest BCUT2D eigenvalue weighted by atomic mass is 9.89. The quantitative estimate of drug-likeness (QED) is 0.783. The molecular formula is C12H22N4S. The minimum Gasteiger partial charge on any atom is -0.393 e. The van der Waals surface area contributed by atoms with E-state index in [1.807, 2.05) is 24.0 Å². The van der Waals surface area contributed by atoms with Crippen LogP contribution in [0.15, 0.2) is 12.4 Å². The zero-order valence-electron chi connectivity index (χ0n) is 11.1. The van der Waals surface area contributed by atoms with Crippen LogP contribution in [0.3, 0.4) is 0 Å². The molecule has 1 heterocycles. The van der Waals surface area contributed by atoms with Gasteiger partial charge in [-0.2, -0.15) is 0 Å². The molecule has 0 aliphatic rings. The first kappa shape index (κ1) is 14.1. The van der Waals surface area contributed by atoms with Gasteiger partial charge in [-0.15, -0.1) is 0 Å². The van der Waals surface area contributed by atoms with Crippen LogP contribution < -0.4 is 5.73 Å². The van der Waals surface area contributed by atoms with Crippen LogP contribution in [-0.2, 0) is 13.6 Å². The van der Waals surface area contributed by atoms with E-state index in [9.17, 15) is 0 Å². The van der Waals surface area contributed by atoms with Crippen LogP contribution in [0.5, 0.6) is 0 Å². The van der Waals surface area contributed by atoms with Crippen LogP contribution in [-0.4, -0.2) is 33.0 Å². The fraction of sp³-hybridized carbons (Fsp3) is 0.667. The topological polar surface area (TPSA) is 47.1 Å². The van der Waals surface area contributed by atoms with Crippen LogP contribution in [0.4, 0.5) is 0 Å². The van der Waals surface area contributed by atoms with E-state index in [4.69, 9.17) is 18.0 Å². The Kier molecular flexibility index (Phi) is 4.65. The zero-order chi connectivity index (χ0) is 13.1. The third-order valence-corrected chi connectivity index (χ3v) is 3.67. The highest BCUT2D eigenvalue weighted by Gasteiger charge is 2.21. The van der Waals surface area contributed by atoms with Gasteiger partial charge in [0, 0.05) is 24.9 Å². The Balaban J connectivity index is 2.43. The smallest absolute Gasteiger partial charge is 0.122 e. The van der Waals surface area contributed by atoms with E-state index in [1.54, 1.807) is 0 Å². The SMILES string of the molecule is CN(CCC(C)(C)C(N)=S)Cc1nccn1C. The van der Waals surface area contributed by atoms with Gasteiger partial charge in [0.15, 0.2) is 0 Å². The Hall–Kier alpha value is -0.940. The second-order valence-corrected chi connectivity index (χ2v) is 5.63. The summed E-state index contributed by atoms with van der Waals surface area (Å²) < 4.78 is 2.04. The molecule has 0 amide bonds. The highest BCUT2D eigenvalue weighted by Crippen LogP contribution is 2.20. The molecule has 5 heteroatoms. The number of rotatable bonds is 6. The second kappa shape index (κ2) is 5.60. The molecule has 0 aromatic carbocycles. The van der Waals surface area contributed by atoms with Gasteiger partial charge < -0.3 is 10.3 Å². The van der Waals surface area contributed by atoms with E-state index < -0.39 is 0 Å². The summed E-state index contributed by atoms with van der Waals surface area (Å²) in [6, 6.07) is 0. The molecule has 1 rings (SSSR count). The summed E-state index contributed by atoms with van der Waals surface area (Å²) >= 11 is 5.06. The van der Waals surface area contributed by atoms with Gasteiger partial charge in [0.2, 0.25) is 0 Å². The summed E-state index contributed by atoms with van der Waals surface area (Å²) in [5, 5.41) is 0. The first-order chi connectivity index (χ1) is 7.83. The highest BCUT2D eigenvalue weighted by molar-refractivity contribution is 7.80. The van der Waals surface area contributed by atoms with Crippen molar-refractivity contribution in [3.8, 4) is 0 Å². The molecule has 4 nitrogen and oxygen atoms in total. The average Bonchev–Trinajstić information content (AvgIpc) is 2.61. The van der Waals surface area contributed by atoms with Crippen molar-refractivity contribution in [1.29, 1.82) is 0 Å². The van der Waals surface area contributed by atoms with Crippen molar-refractivity contribution >= 4 is 17.2 Å². The normalized spacial score (nSPS) is 12.1. The van der Waals surface area contributed by atoms with E-state index >= 15 is 0 Å². The maximum absolute atomic E-state index is 5.71. The van der Waals surface area contributed by atoms with Gasteiger partial charge in [-0.3, -0.25) is 4.90 Å². The highest BCUT2D eigenvalue weighted by atomic mass is 32.1. The summed E-state index contributed by atoms with van der Waals surface area (Å²) in [6.07, 6.45) is 4.74. The van der Waals surface area contributed by atoms with Crippen molar-refractivity contribution in [3.63, 3.8) is 0 Å². The van der Waals surface area contributed by atoms with Crippen molar-refractivity contribution in [2.45, 2.75) is 26.8 Å². The predicted octanol–water partition coefficient (Wildman–Crippen LogP) is 1.55. The Labute approximate surface area is 109 Å². The second-order valence-electron chi connectivity index (χ2n) is 5.19. The molecule has 0 radical (unpaired) electrons. The van der Waals surface area contributed by atoms with Gasteiger partial charge in [-0.05, 0) is 20.0 Å². The molecule has 17 heavy (non-hydrogen) atoms. The minimum absolute atomic E-state index is 0.0781. The van der Waals surface area contributed by atoms with Crippen LogP contribution in [0.25, 0.3) is 0 Å². The lowest BCUT2D eigenvalue weighted by Gasteiger charge is -2.26. The van der Waals surface area contributed by atoms with E-state index in [1.165, 1.54) is 0 Å². The fourth-order valence-corrected chi connectivity index (χ4v) is 1.56. The lowest BCUT2D eigenvalue weighted by Crippen LogP contribution is -2.33. The Morgan fingerprint density at radius 3 is 2.71 bits per heavy atom. The molecular weight excluding hydrogens is 232 g/mol. The molecule has 0 bridgehead atoms. The Morgan fingerprint density at radius 2 is 2.24 bits per heavy atom. The summed E-state index contributed by atoms with van der Waals surface area (Å²) in [6.45, 7) is 5.97. The summed E-state index contributed by atoms with van der Waals surface area (Å²) in [7, 11) is 4.10. The average molecular weight is 254 g/mol. The number of nitrogens with zero attached hydrogens (tertiary/aromatic N) is 3. The number of hydrogen-bond donors (Lipinski definition) is 1.